The molecule has 3 aromatic carbocycles. The summed E-state index contributed by atoms with van der Waals surface area (Å²) >= 11 is 0. The number of carbonyl (C=O) groups is 2. The number of halogens is 3. The second-order valence-electron chi connectivity index (χ2n) is 8.20. The Balaban J connectivity index is 1.80. The molecule has 0 saturated heterocycles. The first-order valence-corrected chi connectivity index (χ1v) is 11.7. The van der Waals surface area contributed by atoms with E-state index < -0.39 is 18.2 Å². The number of ether oxygens (including phenoxy) is 3. The fourth-order valence-corrected chi connectivity index (χ4v) is 3.88. The van der Waals surface area contributed by atoms with E-state index in [-0.39, 0.29) is 12.3 Å². The molecule has 0 heterocycles. The van der Waals surface area contributed by atoms with E-state index in [9.17, 15) is 22.8 Å². The number of aryl methyl sites for hydroxylation is 1. The zero-order chi connectivity index (χ0) is 26.8. The van der Waals surface area contributed by atoms with Crippen LogP contribution in [0.5, 0.6) is 11.5 Å². The van der Waals surface area contributed by atoms with Crippen LogP contribution in [0.25, 0.3) is 11.1 Å². The van der Waals surface area contributed by atoms with Crippen molar-refractivity contribution in [3.05, 3.63) is 78.4 Å². The van der Waals surface area contributed by atoms with Crippen molar-refractivity contribution in [2.45, 2.75) is 32.0 Å². The SMILES string of the molecule is COC(=O)C(=O)N(CCCCCc1ccccc1)c1cc(-c2ccc(OC(F)(F)F)cc2)ccc1OC. The monoisotopic (exact) mass is 515 g/mol. The van der Waals surface area contributed by atoms with E-state index in [2.05, 4.69) is 21.6 Å². The molecule has 3 aromatic rings. The average molecular weight is 516 g/mol. The third-order valence-corrected chi connectivity index (χ3v) is 5.69. The van der Waals surface area contributed by atoms with Gasteiger partial charge in [-0.05, 0) is 60.2 Å². The normalized spacial score (nSPS) is 11.1. The van der Waals surface area contributed by atoms with Gasteiger partial charge in [-0.1, -0.05) is 55.0 Å². The van der Waals surface area contributed by atoms with E-state index in [0.717, 1.165) is 26.4 Å². The Morgan fingerprint density at radius 3 is 2.14 bits per heavy atom. The third kappa shape index (κ3) is 7.99. The number of amides is 1. The zero-order valence-electron chi connectivity index (χ0n) is 20.6. The Hall–Kier alpha value is -4.01. The van der Waals surface area contributed by atoms with Gasteiger partial charge in [0.1, 0.15) is 11.5 Å². The number of methoxy groups -OCH3 is 2. The van der Waals surface area contributed by atoms with Gasteiger partial charge in [-0.2, -0.15) is 0 Å². The van der Waals surface area contributed by atoms with Crippen LogP contribution in [-0.2, 0) is 20.7 Å². The number of alkyl halides is 3. The van der Waals surface area contributed by atoms with Gasteiger partial charge in [-0.25, -0.2) is 4.79 Å². The van der Waals surface area contributed by atoms with Crippen molar-refractivity contribution in [2.75, 3.05) is 25.7 Å². The Bertz CT molecular complexity index is 1180. The van der Waals surface area contributed by atoms with Crippen molar-refractivity contribution in [3.8, 4) is 22.6 Å². The van der Waals surface area contributed by atoms with Crippen molar-refractivity contribution in [1.82, 2.24) is 0 Å². The van der Waals surface area contributed by atoms with Gasteiger partial charge in [0.25, 0.3) is 0 Å². The summed E-state index contributed by atoms with van der Waals surface area (Å²) in [5.74, 6) is -1.83. The predicted molar refractivity (Wildman–Crippen MR) is 133 cm³/mol. The maximum absolute atomic E-state index is 12.9. The van der Waals surface area contributed by atoms with E-state index in [1.54, 1.807) is 18.2 Å². The molecule has 0 bridgehead atoms. The van der Waals surface area contributed by atoms with Crippen LogP contribution in [-0.4, -0.2) is 39.0 Å². The Morgan fingerprint density at radius 1 is 0.838 bits per heavy atom. The van der Waals surface area contributed by atoms with Crippen LogP contribution >= 0.6 is 0 Å². The minimum Gasteiger partial charge on any atom is -0.495 e. The van der Waals surface area contributed by atoms with E-state index >= 15 is 0 Å². The molecule has 3 rings (SSSR count). The van der Waals surface area contributed by atoms with Crippen LogP contribution in [0.2, 0.25) is 0 Å². The Labute approximate surface area is 213 Å². The Morgan fingerprint density at radius 2 is 1.51 bits per heavy atom. The third-order valence-electron chi connectivity index (χ3n) is 5.69. The summed E-state index contributed by atoms with van der Waals surface area (Å²) in [5.41, 5.74) is 2.79. The molecule has 0 saturated carbocycles. The first-order valence-electron chi connectivity index (χ1n) is 11.7. The highest BCUT2D eigenvalue weighted by Gasteiger charge is 2.31. The van der Waals surface area contributed by atoms with E-state index in [1.807, 2.05) is 18.2 Å². The summed E-state index contributed by atoms with van der Waals surface area (Å²) in [6.45, 7) is 0.251. The minimum absolute atomic E-state index is 0.251. The highest BCUT2D eigenvalue weighted by molar-refractivity contribution is 6.38. The molecule has 0 aliphatic rings. The molecule has 9 heteroatoms. The number of hydrogen-bond donors (Lipinski definition) is 0. The minimum atomic E-state index is -4.79. The van der Waals surface area contributed by atoms with E-state index in [4.69, 9.17) is 4.74 Å². The molecule has 0 N–H and O–H groups in total. The molecule has 0 aromatic heterocycles. The lowest BCUT2D eigenvalue weighted by atomic mass is 10.0. The lowest BCUT2D eigenvalue weighted by Crippen LogP contribution is -2.38. The summed E-state index contributed by atoms with van der Waals surface area (Å²) in [4.78, 5) is 26.4. The maximum atomic E-state index is 12.9. The maximum Gasteiger partial charge on any atom is 0.573 e. The zero-order valence-corrected chi connectivity index (χ0v) is 20.6. The van der Waals surface area contributed by atoms with Crippen molar-refractivity contribution >= 4 is 17.6 Å². The van der Waals surface area contributed by atoms with Gasteiger partial charge in [0.2, 0.25) is 0 Å². The van der Waals surface area contributed by atoms with Crippen LogP contribution in [0.1, 0.15) is 24.8 Å². The molecule has 37 heavy (non-hydrogen) atoms. The van der Waals surface area contributed by atoms with Crippen LogP contribution in [0.15, 0.2) is 72.8 Å². The molecule has 0 radical (unpaired) electrons. The number of hydrogen-bond acceptors (Lipinski definition) is 5. The van der Waals surface area contributed by atoms with Gasteiger partial charge in [-0.15, -0.1) is 13.2 Å². The molecule has 0 spiro atoms. The molecule has 196 valence electrons. The molecular weight excluding hydrogens is 487 g/mol. The van der Waals surface area contributed by atoms with E-state index in [0.29, 0.717) is 29.0 Å². The number of nitrogens with zero attached hydrogens (tertiary/aromatic N) is 1. The Kier molecular flexibility index (Phi) is 9.54. The highest BCUT2D eigenvalue weighted by Crippen LogP contribution is 2.35. The largest absolute Gasteiger partial charge is 0.573 e. The van der Waals surface area contributed by atoms with Gasteiger partial charge in [0, 0.05) is 6.54 Å². The van der Waals surface area contributed by atoms with Crippen molar-refractivity contribution in [1.29, 1.82) is 0 Å². The topological polar surface area (TPSA) is 65.1 Å². The van der Waals surface area contributed by atoms with Gasteiger partial charge in [0.05, 0.1) is 19.9 Å². The van der Waals surface area contributed by atoms with Crippen LogP contribution < -0.4 is 14.4 Å². The lowest BCUT2D eigenvalue weighted by Gasteiger charge is -2.24. The molecule has 0 atom stereocenters. The van der Waals surface area contributed by atoms with Crippen LogP contribution in [0, 0.1) is 0 Å². The summed E-state index contributed by atoms with van der Waals surface area (Å²) < 4.78 is 51.5. The molecule has 0 aliphatic carbocycles. The number of carbonyl (C=O) groups excluding carboxylic acids is 2. The van der Waals surface area contributed by atoms with Crippen molar-refractivity contribution < 1.29 is 37.0 Å². The molecule has 6 nitrogen and oxygen atoms in total. The fraction of sp³-hybridized carbons (Fsp3) is 0.286. The second kappa shape index (κ2) is 12.8. The van der Waals surface area contributed by atoms with Crippen molar-refractivity contribution in [3.63, 3.8) is 0 Å². The first-order chi connectivity index (χ1) is 17.7. The smallest absolute Gasteiger partial charge is 0.495 e. The number of anilines is 1. The first kappa shape index (κ1) is 27.6. The summed E-state index contributed by atoms with van der Waals surface area (Å²) in [6.07, 6.45) is -1.52. The standard InChI is InChI=1S/C28H28F3NO5/c1-35-25-17-14-22(21-12-15-23(16-13-21)37-28(29,30)31)19-24(25)32(26(33)27(34)36-2)18-8-4-7-11-20-9-5-3-6-10-20/h3,5-6,9-10,12-17,19H,4,7-8,11,18H2,1-2H3. The highest BCUT2D eigenvalue weighted by atomic mass is 19.4. The quantitative estimate of drug-likeness (QED) is 0.183. The number of unbranched alkanes of at least 4 members (excludes halogenated alkanes) is 2. The second-order valence-corrected chi connectivity index (χ2v) is 8.20. The molecule has 0 aliphatic heterocycles. The summed E-state index contributed by atoms with van der Waals surface area (Å²) in [5, 5.41) is 0. The van der Waals surface area contributed by atoms with Gasteiger partial charge in [-0.3, -0.25) is 9.69 Å². The molecular formula is C28H28F3NO5. The average Bonchev–Trinajstić information content (AvgIpc) is 2.89. The fourth-order valence-electron chi connectivity index (χ4n) is 3.88. The molecule has 1 amide bonds. The summed E-state index contributed by atoms with van der Waals surface area (Å²) in [7, 11) is 2.58. The lowest BCUT2D eigenvalue weighted by molar-refractivity contribution is -0.274. The predicted octanol–water partition coefficient (Wildman–Crippen LogP) is 6.18. The number of esters is 1. The molecule has 0 fully saturated rings. The van der Waals surface area contributed by atoms with Crippen molar-refractivity contribution in [2.24, 2.45) is 0 Å². The van der Waals surface area contributed by atoms with Gasteiger partial charge >= 0.3 is 18.2 Å². The summed E-state index contributed by atoms with van der Waals surface area (Å²) in [6, 6.07) is 20.4. The number of benzene rings is 3. The van der Waals surface area contributed by atoms with Gasteiger partial charge < -0.3 is 14.2 Å². The van der Waals surface area contributed by atoms with Crippen LogP contribution in [0.3, 0.4) is 0 Å². The van der Waals surface area contributed by atoms with Gasteiger partial charge in [0.15, 0.2) is 0 Å². The molecule has 0 unspecified atom stereocenters. The van der Waals surface area contributed by atoms with Crippen LogP contribution in [0.4, 0.5) is 18.9 Å². The number of rotatable bonds is 10. The van der Waals surface area contributed by atoms with E-state index in [1.165, 1.54) is 41.8 Å².